The Morgan fingerprint density at radius 2 is 2.33 bits per heavy atom. The number of nitrogen functional groups attached to an aromatic ring is 1. The molecule has 2 atom stereocenters. The Balaban J connectivity index is 1.82. The minimum Gasteiger partial charge on any atom is -0.396 e. The molecule has 4 nitrogen and oxygen atoms in total. The smallest absolute Gasteiger partial charge is 0.139 e. The van der Waals surface area contributed by atoms with E-state index in [0.29, 0.717) is 24.3 Å². The summed E-state index contributed by atoms with van der Waals surface area (Å²) in [5, 5.41) is 13.5. The summed E-state index contributed by atoms with van der Waals surface area (Å²) in [6.45, 7) is 1.24. The molecule has 1 aliphatic carbocycles. The van der Waals surface area contributed by atoms with Crippen molar-refractivity contribution in [1.82, 2.24) is 4.37 Å². The summed E-state index contributed by atoms with van der Waals surface area (Å²) in [6, 6.07) is 1.85. The van der Waals surface area contributed by atoms with Crippen LogP contribution in [0.3, 0.4) is 0 Å². The van der Waals surface area contributed by atoms with Gasteiger partial charge in [-0.05, 0) is 36.2 Å². The van der Waals surface area contributed by atoms with Crippen molar-refractivity contribution in [3.8, 4) is 0 Å². The number of hydrogen-bond acceptors (Lipinski definition) is 5. The molecule has 1 aromatic rings. The summed E-state index contributed by atoms with van der Waals surface area (Å²) < 4.78 is 4.01. The van der Waals surface area contributed by atoms with E-state index in [9.17, 15) is 5.11 Å². The van der Waals surface area contributed by atoms with E-state index in [1.165, 1.54) is 24.4 Å². The van der Waals surface area contributed by atoms with Crippen LogP contribution in [0.2, 0.25) is 0 Å². The molecule has 84 valence electrons. The second-order valence-corrected chi connectivity index (χ2v) is 4.94. The highest BCUT2D eigenvalue weighted by Gasteiger charge is 2.26. The first-order chi connectivity index (χ1) is 7.29. The first-order valence-corrected chi connectivity index (χ1v) is 6.14. The summed E-state index contributed by atoms with van der Waals surface area (Å²) >= 11 is 1.39. The van der Waals surface area contributed by atoms with Gasteiger partial charge in [-0.25, -0.2) is 0 Å². The number of rotatable bonds is 4. The molecule has 5 heteroatoms. The van der Waals surface area contributed by atoms with Crippen LogP contribution >= 0.6 is 11.5 Å². The van der Waals surface area contributed by atoms with Crippen molar-refractivity contribution in [2.24, 2.45) is 11.8 Å². The van der Waals surface area contributed by atoms with E-state index in [0.717, 1.165) is 18.0 Å². The molecule has 2 rings (SSSR count). The van der Waals surface area contributed by atoms with Crippen molar-refractivity contribution < 1.29 is 5.11 Å². The largest absolute Gasteiger partial charge is 0.396 e. The highest BCUT2D eigenvalue weighted by Crippen LogP contribution is 2.31. The van der Waals surface area contributed by atoms with E-state index >= 15 is 0 Å². The molecule has 0 aromatic carbocycles. The zero-order valence-electron chi connectivity index (χ0n) is 8.65. The van der Waals surface area contributed by atoms with E-state index in [1.54, 1.807) is 0 Å². The highest BCUT2D eigenvalue weighted by atomic mass is 32.1. The Kier molecular flexibility index (Phi) is 3.43. The predicted octanol–water partition coefficient (Wildman–Crippen LogP) is 1.55. The molecule has 0 bridgehead atoms. The van der Waals surface area contributed by atoms with Crippen molar-refractivity contribution in [1.29, 1.82) is 0 Å². The summed E-state index contributed by atoms with van der Waals surface area (Å²) in [5.41, 5.74) is 5.54. The first kappa shape index (κ1) is 10.7. The lowest BCUT2D eigenvalue weighted by Crippen LogP contribution is -2.20. The molecule has 0 saturated heterocycles. The minimum absolute atomic E-state index is 0.317. The quantitative estimate of drug-likeness (QED) is 0.729. The number of aliphatic hydroxyl groups is 1. The lowest BCUT2D eigenvalue weighted by molar-refractivity contribution is 0.199. The molecule has 1 saturated carbocycles. The second kappa shape index (κ2) is 4.81. The molecule has 0 radical (unpaired) electrons. The van der Waals surface area contributed by atoms with Crippen LogP contribution in [0, 0.1) is 11.8 Å². The third kappa shape index (κ3) is 2.60. The molecule has 4 N–H and O–H groups in total. The Morgan fingerprint density at radius 3 is 3.00 bits per heavy atom. The van der Waals surface area contributed by atoms with Gasteiger partial charge in [0.05, 0.1) is 0 Å². The van der Waals surface area contributed by atoms with Crippen LogP contribution in [-0.4, -0.2) is 22.6 Å². The lowest BCUT2D eigenvalue weighted by Gasteiger charge is -2.17. The van der Waals surface area contributed by atoms with Crippen molar-refractivity contribution >= 4 is 22.4 Å². The van der Waals surface area contributed by atoms with Crippen LogP contribution in [0.1, 0.15) is 19.3 Å². The van der Waals surface area contributed by atoms with Crippen molar-refractivity contribution in [3.05, 3.63) is 6.07 Å². The molecular weight excluding hydrogens is 210 g/mol. The summed E-state index contributed by atoms with van der Waals surface area (Å²) in [5.74, 6) is 1.65. The Bertz CT molecular complexity index is 315. The maximum atomic E-state index is 9.18. The minimum atomic E-state index is 0.317. The van der Waals surface area contributed by atoms with E-state index in [-0.39, 0.29) is 0 Å². The molecule has 15 heavy (non-hydrogen) atoms. The molecule has 0 spiro atoms. The van der Waals surface area contributed by atoms with Gasteiger partial charge in [0.2, 0.25) is 0 Å². The molecular formula is C10H17N3OS. The average Bonchev–Trinajstić information content (AvgIpc) is 2.83. The standard InChI is InChI=1S/C10H17N3OS/c11-9-4-10(15-13-9)12-5-7-2-1-3-8(7)6-14/h4,7-8,12,14H,1-3,5-6H2,(H2,11,13). The summed E-state index contributed by atoms with van der Waals surface area (Å²) in [4.78, 5) is 0. The van der Waals surface area contributed by atoms with Crippen molar-refractivity contribution in [2.75, 3.05) is 24.2 Å². The fourth-order valence-electron chi connectivity index (χ4n) is 2.23. The number of nitrogens with one attached hydrogen (secondary N) is 1. The maximum Gasteiger partial charge on any atom is 0.139 e. The Labute approximate surface area is 93.7 Å². The molecule has 1 fully saturated rings. The zero-order valence-corrected chi connectivity index (χ0v) is 9.46. The van der Waals surface area contributed by atoms with Crippen LogP contribution in [0.15, 0.2) is 6.07 Å². The molecule has 0 aliphatic heterocycles. The predicted molar refractivity (Wildman–Crippen MR) is 62.9 cm³/mol. The second-order valence-electron chi connectivity index (χ2n) is 4.13. The van der Waals surface area contributed by atoms with E-state index in [1.807, 2.05) is 6.07 Å². The van der Waals surface area contributed by atoms with Gasteiger partial charge in [-0.1, -0.05) is 6.42 Å². The van der Waals surface area contributed by atoms with E-state index < -0.39 is 0 Å². The van der Waals surface area contributed by atoms with Gasteiger partial charge in [-0.2, -0.15) is 4.37 Å². The van der Waals surface area contributed by atoms with Crippen LogP contribution in [0.5, 0.6) is 0 Å². The SMILES string of the molecule is Nc1cc(NCC2CCCC2CO)sn1. The molecule has 1 aliphatic rings. The van der Waals surface area contributed by atoms with Crippen LogP contribution in [0.4, 0.5) is 10.8 Å². The zero-order chi connectivity index (χ0) is 10.7. The lowest BCUT2D eigenvalue weighted by atomic mass is 9.97. The average molecular weight is 227 g/mol. The third-order valence-corrected chi connectivity index (χ3v) is 3.88. The number of aromatic nitrogens is 1. The fourth-order valence-corrected chi connectivity index (χ4v) is 2.80. The van der Waals surface area contributed by atoms with Crippen LogP contribution in [-0.2, 0) is 0 Å². The normalized spacial score (nSPS) is 25.7. The van der Waals surface area contributed by atoms with E-state index in [4.69, 9.17) is 5.73 Å². The molecule has 1 aromatic heterocycles. The van der Waals surface area contributed by atoms with Gasteiger partial charge in [0, 0.05) is 19.2 Å². The Morgan fingerprint density at radius 1 is 1.53 bits per heavy atom. The van der Waals surface area contributed by atoms with Gasteiger partial charge in [-0.15, -0.1) is 0 Å². The number of nitrogens with two attached hydrogens (primary N) is 1. The Hall–Kier alpha value is -0.810. The van der Waals surface area contributed by atoms with Crippen LogP contribution in [0.25, 0.3) is 0 Å². The molecule has 0 amide bonds. The number of aliphatic hydroxyl groups excluding tert-OH is 1. The van der Waals surface area contributed by atoms with Gasteiger partial charge in [0.1, 0.15) is 10.8 Å². The van der Waals surface area contributed by atoms with Gasteiger partial charge in [0.15, 0.2) is 0 Å². The van der Waals surface area contributed by atoms with Crippen molar-refractivity contribution in [2.45, 2.75) is 19.3 Å². The van der Waals surface area contributed by atoms with E-state index in [2.05, 4.69) is 9.69 Å². The fraction of sp³-hybridized carbons (Fsp3) is 0.700. The topological polar surface area (TPSA) is 71.2 Å². The van der Waals surface area contributed by atoms with Crippen molar-refractivity contribution in [3.63, 3.8) is 0 Å². The molecule has 2 unspecified atom stereocenters. The number of hydrogen-bond donors (Lipinski definition) is 3. The third-order valence-electron chi connectivity index (χ3n) is 3.12. The van der Waals surface area contributed by atoms with Gasteiger partial charge >= 0.3 is 0 Å². The maximum absolute atomic E-state index is 9.18. The summed E-state index contributed by atoms with van der Waals surface area (Å²) in [6.07, 6.45) is 3.61. The van der Waals surface area contributed by atoms with Crippen LogP contribution < -0.4 is 11.1 Å². The molecule has 1 heterocycles. The van der Waals surface area contributed by atoms with Gasteiger partial charge in [-0.3, -0.25) is 0 Å². The highest BCUT2D eigenvalue weighted by molar-refractivity contribution is 7.10. The monoisotopic (exact) mass is 227 g/mol. The first-order valence-electron chi connectivity index (χ1n) is 5.36. The number of nitrogens with zero attached hydrogens (tertiary/aromatic N) is 1. The van der Waals surface area contributed by atoms with Gasteiger partial charge in [0.25, 0.3) is 0 Å². The van der Waals surface area contributed by atoms with Gasteiger partial charge < -0.3 is 16.2 Å². The number of anilines is 2. The summed E-state index contributed by atoms with van der Waals surface area (Å²) in [7, 11) is 0.